The molecule has 0 aromatic rings. The molecule has 3 atom stereocenters. The molecule has 1 aliphatic rings. The number of amides is 1. The summed E-state index contributed by atoms with van der Waals surface area (Å²) in [6.45, 7) is 0. The minimum absolute atomic E-state index is 0.151. The van der Waals surface area contributed by atoms with Gasteiger partial charge in [0.2, 0.25) is 5.91 Å². The molecule has 1 heterocycles. The molecular formula is C5H7Cl2NOS. The van der Waals surface area contributed by atoms with Crippen molar-refractivity contribution in [3.8, 4) is 0 Å². The highest BCUT2D eigenvalue weighted by atomic mass is 35.5. The molecule has 3 unspecified atom stereocenters. The molecule has 0 aromatic carbocycles. The van der Waals surface area contributed by atoms with E-state index in [2.05, 4.69) is 12.6 Å². The maximum atomic E-state index is 11.0. The highest BCUT2D eigenvalue weighted by molar-refractivity contribution is 7.81. The predicted octanol–water partition coefficient (Wildman–Crippen LogP) is 0.929. The zero-order valence-corrected chi connectivity index (χ0v) is 7.70. The van der Waals surface area contributed by atoms with Crippen molar-refractivity contribution in [3.05, 3.63) is 0 Å². The lowest BCUT2D eigenvalue weighted by Gasteiger charge is -2.14. The number of nitrogens with zero attached hydrogens (tertiary/aromatic N) is 1. The van der Waals surface area contributed by atoms with Crippen molar-refractivity contribution in [1.29, 1.82) is 0 Å². The summed E-state index contributed by atoms with van der Waals surface area (Å²) in [6, 6.07) is 0. The largest absolute Gasteiger partial charge is 0.331 e. The molecule has 1 aliphatic heterocycles. The summed E-state index contributed by atoms with van der Waals surface area (Å²) in [6.07, 6.45) is 0. The molecule has 1 amide bonds. The highest BCUT2D eigenvalue weighted by Gasteiger charge is 2.42. The number of carbonyl (C=O) groups excluding carboxylic acids is 1. The zero-order chi connectivity index (χ0) is 7.89. The number of hydrogen-bond donors (Lipinski definition) is 1. The van der Waals surface area contributed by atoms with E-state index >= 15 is 0 Å². The van der Waals surface area contributed by atoms with Crippen molar-refractivity contribution in [2.24, 2.45) is 0 Å². The summed E-state index contributed by atoms with van der Waals surface area (Å²) in [5.74, 6) is -0.151. The van der Waals surface area contributed by atoms with E-state index in [0.29, 0.717) is 0 Å². The maximum absolute atomic E-state index is 11.0. The second-order valence-corrected chi connectivity index (χ2v) is 3.71. The molecule has 1 fully saturated rings. The molecular weight excluding hydrogens is 193 g/mol. The van der Waals surface area contributed by atoms with Gasteiger partial charge >= 0.3 is 0 Å². The van der Waals surface area contributed by atoms with Crippen LogP contribution in [0.3, 0.4) is 0 Å². The Balaban J connectivity index is 2.78. The van der Waals surface area contributed by atoms with E-state index in [1.807, 2.05) is 0 Å². The predicted molar refractivity (Wildman–Crippen MR) is 44.8 cm³/mol. The summed E-state index contributed by atoms with van der Waals surface area (Å²) in [7, 11) is 1.64. The first-order valence-corrected chi connectivity index (χ1v) is 4.17. The van der Waals surface area contributed by atoms with Crippen molar-refractivity contribution in [2.75, 3.05) is 7.05 Å². The lowest BCUT2D eigenvalue weighted by Crippen LogP contribution is -2.27. The van der Waals surface area contributed by atoms with Gasteiger partial charge in [0.25, 0.3) is 0 Å². The summed E-state index contributed by atoms with van der Waals surface area (Å²) < 4.78 is 0. The molecule has 1 rings (SSSR count). The Morgan fingerprint density at radius 1 is 1.60 bits per heavy atom. The fourth-order valence-corrected chi connectivity index (χ4v) is 1.78. The van der Waals surface area contributed by atoms with E-state index in [1.165, 1.54) is 4.90 Å². The van der Waals surface area contributed by atoms with Crippen LogP contribution in [0.2, 0.25) is 0 Å². The first kappa shape index (κ1) is 8.50. The number of rotatable bonds is 0. The van der Waals surface area contributed by atoms with Crippen molar-refractivity contribution in [3.63, 3.8) is 0 Å². The van der Waals surface area contributed by atoms with E-state index in [-0.39, 0.29) is 16.7 Å². The number of hydrogen-bond acceptors (Lipinski definition) is 2. The minimum atomic E-state index is -0.617. The second kappa shape index (κ2) is 2.80. The number of carbonyl (C=O) groups is 1. The molecule has 0 radical (unpaired) electrons. The third-order valence-corrected chi connectivity index (χ3v) is 3.47. The molecule has 58 valence electrons. The van der Waals surface area contributed by atoms with Gasteiger partial charge in [-0.3, -0.25) is 4.79 Å². The number of halogens is 2. The quantitative estimate of drug-likeness (QED) is 0.455. The van der Waals surface area contributed by atoms with Crippen LogP contribution >= 0.6 is 35.8 Å². The van der Waals surface area contributed by atoms with Crippen LogP contribution in [0.25, 0.3) is 0 Å². The topological polar surface area (TPSA) is 20.3 Å². The average molecular weight is 200 g/mol. The van der Waals surface area contributed by atoms with Crippen LogP contribution in [-0.2, 0) is 4.79 Å². The Kier molecular flexibility index (Phi) is 2.38. The van der Waals surface area contributed by atoms with Crippen molar-refractivity contribution >= 4 is 41.7 Å². The Labute approximate surface area is 74.9 Å². The summed E-state index contributed by atoms with van der Waals surface area (Å²) in [4.78, 5) is 12.4. The third-order valence-electron chi connectivity index (χ3n) is 1.54. The molecule has 5 heteroatoms. The molecule has 0 saturated carbocycles. The van der Waals surface area contributed by atoms with Gasteiger partial charge in [0.1, 0.15) is 5.38 Å². The van der Waals surface area contributed by atoms with Crippen LogP contribution in [0.5, 0.6) is 0 Å². The van der Waals surface area contributed by atoms with Gasteiger partial charge in [0.15, 0.2) is 0 Å². The standard InChI is InChI=1S/C5H7Cl2NOS/c1-8-4(9)2(6)3(7)5(8)10/h2-3,5,10H,1H3. The van der Waals surface area contributed by atoms with Crippen molar-refractivity contribution in [1.82, 2.24) is 4.90 Å². The summed E-state index contributed by atoms with van der Waals surface area (Å²) in [5, 5.41) is -1.26. The van der Waals surface area contributed by atoms with Crippen molar-refractivity contribution in [2.45, 2.75) is 16.1 Å². The Bertz CT molecular complexity index is 150. The lowest BCUT2D eigenvalue weighted by molar-refractivity contribution is -0.126. The number of likely N-dealkylation sites (tertiary alicyclic amines) is 1. The van der Waals surface area contributed by atoms with Crippen LogP contribution in [0, 0.1) is 0 Å². The van der Waals surface area contributed by atoms with E-state index in [1.54, 1.807) is 7.05 Å². The van der Waals surface area contributed by atoms with E-state index in [4.69, 9.17) is 23.2 Å². The van der Waals surface area contributed by atoms with Gasteiger partial charge in [-0.25, -0.2) is 0 Å². The summed E-state index contributed by atoms with van der Waals surface area (Å²) in [5.41, 5.74) is 0. The lowest BCUT2D eigenvalue weighted by atomic mass is 10.3. The molecule has 0 aromatic heterocycles. The molecule has 0 spiro atoms. The molecule has 0 bridgehead atoms. The van der Waals surface area contributed by atoms with Gasteiger partial charge in [-0.15, -0.1) is 23.2 Å². The Hall–Kier alpha value is 0.400. The van der Waals surface area contributed by atoms with Crippen LogP contribution in [0.1, 0.15) is 0 Å². The van der Waals surface area contributed by atoms with E-state index < -0.39 is 5.38 Å². The minimum Gasteiger partial charge on any atom is -0.331 e. The van der Waals surface area contributed by atoms with Gasteiger partial charge in [-0.1, -0.05) is 0 Å². The monoisotopic (exact) mass is 199 g/mol. The molecule has 0 aliphatic carbocycles. The fourth-order valence-electron chi connectivity index (χ4n) is 0.826. The van der Waals surface area contributed by atoms with Gasteiger partial charge < -0.3 is 4.90 Å². The summed E-state index contributed by atoms with van der Waals surface area (Å²) >= 11 is 15.5. The van der Waals surface area contributed by atoms with Crippen LogP contribution in [0.15, 0.2) is 0 Å². The number of thiol groups is 1. The van der Waals surface area contributed by atoms with Crippen LogP contribution < -0.4 is 0 Å². The Morgan fingerprint density at radius 2 is 2.10 bits per heavy atom. The molecule has 2 nitrogen and oxygen atoms in total. The highest BCUT2D eigenvalue weighted by Crippen LogP contribution is 2.29. The Morgan fingerprint density at radius 3 is 2.20 bits per heavy atom. The zero-order valence-electron chi connectivity index (χ0n) is 5.29. The normalized spacial score (nSPS) is 41.0. The van der Waals surface area contributed by atoms with Crippen LogP contribution in [0.4, 0.5) is 0 Å². The SMILES string of the molecule is CN1C(=O)C(Cl)C(Cl)C1S. The third kappa shape index (κ3) is 1.11. The van der Waals surface area contributed by atoms with Gasteiger partial charge in [-0.05, 0) is 0 Å². The van der Waals surface area contributed by atoms with E-state index in [0.717, 1.165) is 0 Å². The van der Waals surface area contributed by atoms with Crippen molar-refractivity contribution < 1.29 is 4.79 Å². The first-order chi connectivity index (χ1) is 4.55. The van der Waals surface area contributed by atoms with E-state index in [9.17, 15) is 4.79 Å². The van der Waals surface area contributed by atoms with Gasteiger partial charge in [0, 0.05) is 7.05 Å². The van der Waals surface area contributed by atoms with Gasteiger partial charge in [-0.2, -0.15) is 12.6 Å². The fraction of sp³-hybridized carbons (Fsp3) is 0.800. The molecule has 0 N–H and O–H groups in total. The second-order valence-electron chi connectivity index (χ2n) is 2.21. The average Bonchev–Trinajstić information content (AvgIpc) is 2.07. The van der Waals surface area contributed by atoms with Gasteiger partial charge in [0.05, 0.1) is 10.8 Å². The van der Waals surface area contributed by atoms with Crippen LogP contribution in [-0.4, -0.2) is 34.0 Å². The maximum Gasteiger partial charge on any atom is 0.242 e. The number of alkyl halides is 2. The smallest absolute Gasteiger partial charge is 0.242 e. The molecule has 1 saturated heterocycles. The molecule has 10 heavy (non-hydrogen) atoms. The first-order valence-electron chi connectivity index (χ1n) is 2.78.